The van der Waals surface area contributed by atoms with Crippen molar-refractivity contribution < 1.29 is 14.6 Å². The average molecular weight is 261 g/mol. The minimum Gasteiger partial charge on any atom is -0.507 e. The summed E-state index contributed by atoms with van der Waals surface area (Å²) in [5.41, 5.74) is 0.988. The fraction of sp³-hybridized carbons (Fsp3) is 0.467. The number of nitrogens with zero attached hydrogens (tertiary/aromatic N) is 1. The number of hydrogen-bond acceptors (Lipinski definition) is 4. The smallest absolute Gasteiger partial charge is 0.163 e. The number of Topliss-reactive ketones (excluding diaryl/α,β-unsaturated/α-hetero) is 1. The minimum atomic E-state index is -0.159. The van der Waals surface area contributed by atoms with Crippen molar-refractivity contribution in [3.8, 4) is 17.6 Å². The summed E-state index contributed by atoms with van der Waals surface area (Å²) in [7, 11) is 0. The molecule has 0 aliphatic rings. The molecule has 0 saturated carbocycles. The molecular formula is C15H19NO3. The molecule has 4 heteroatoms. The van der Waals surface area contributed by atoms with Crippen LogP contribution in [-0.2, 0) is 6.42 Å². The van der Waals surface area contributed by atoms with Crippen LogP contribution in [0.25, 0.3) is 0 Å². The standard InChI is InChI=1S/C15H19NO3/c1-3-12-14(19-10-6-4-5-9-16)8-7-13(11(2)17)15(12)18/h7-8,18H,3-6,10H2,1-2H3. The van der Waals surface area contributed by atoms with Crippen LogP contribution in [0.5, 0.6) is 11.5 Å². The molecule has 1 rings (SSSR count). The topological polar surface area (TPSA) is 70.3 Å². The minimum absolute atomic E-state index is 0.0181. The number of phenolic OH excluding ortho intramolecular Hbond substituents is 1. The summed E-state index contributed by atoms with van der Waals surface area (Å²) < 4.78 is 5.61. The van der Waals surface area contributed by atoms with Gasteiger partial charge in [-0.25, -0.2) is 0 Å². The number of nitriles is 1. The number of hydrogen-bond donors (Lipinski definition) is 1. The summed E-state index contributed by atoms with van der Waals surface area (Å²) >= 11 is 0. The highest BCUT2D eigenvalue weighted by atomic mass is 16.5. The van der Waals surface area contributed by atoms with E-state index in [-0.39, 0.29) is 11.5 Å². The predicted octanol–water partition coefficient (Wildman–Crippen LogP) is 3.23. The number of benzene rings is 1. The Morgan fingerprint density at radius 2 is 2.16 bits per heavy atom. The number of carbonyl (C=O) groups is 1. The van der Waals surface area contributed by atoms with Crippen molar-refractivity contribution >= 4 is 5.78 Å². The molecule has 0 bridgehead atoms. The van der Waals surface area contributed by atoms with E-state index in [0.29, 0.717) is 36.3 Å². The van der Waals surface area contributed by atoms with E-state index < -0.39 is 0 Å². The Morgan fingerprint density at radius 3 is 2.74 bits per heavy atom. The maximum Gasteiger partial charge on any atom is 0.163 e. The predicted molar refractivity (Wildman–Crippen MR) is 72.4 cm³/mol. The van der Waals surface area contributed by atoms with E-state index in [1.54, 1.807) is 12.1 Å². The number of carbonyl (C=O) groups excluding carboxylic acids is 1. The summed E-state index contributed by atoms with van der Waals surface area (Å²) in [5, 5.41) is 18.5. The maximum absolute atomic E-state index is 11.3. The van der Waals surface area contributed by atoms with Crippen LogP contribution in [0.3, 0.4) is 0 Å². The van der Waals surface area contributed by atoms with Crippen LogP contribution in [0, 0.1) is 11.3 Å². The molecule has 4 nitrogen and oxygen atoms in total. The van der Waals surface area contributed by atoms with E-state index in [0.717, 1.165) is 12.8 Å². The quantitative estimate of drug-likeness (QED) is 0.604. The van der Waals surface area contributed by atoms with Crippen LogP contribution in [0.15, 0.2) is 12.1 Å². The van der Waals surface area contributed by atoms with E-state index in [4.69, 9.17) is 10.00 Å². The first-order chi connectivity index (χ1) is 9.11. The van der Waals surface area contributed by atoms with Crippen LogP contribution in [-0.4, -0.2) is 17.5 Å². The molecule has 1 aromatic carbocycles. The van der Waals surface area contributed by atoms with E-state index in [9.17, 15) is 9.90 Å². The van der Waals surface area contributed by atoms with Crippen LogP contribution in [0.4, 0.5) is 0 Å². The fourth-order valence-electron chi connectivity index (χ4n) is 1.87. The van der Waals surface area contributed by atoms with Crippen molar-refractivity contribution in [3.05, 3.63) is 23.3 Å². The maximum atomic E-state index is 11.3. The van der Waals surface area contributed by atoms with Gasteiger partial charge < -0.3 is 9.84 Å². The van der Waals surface area contributed by atoms with E-state index in [1.165, 1.54) is 6.92 Å². The van der Waals surface area contributed by atoms with Gasteiger partial charge in [0.1, 0.15) is 11.5 Å². The number of aromatic hydroxyl groups is 1. The zero-order valence-electron chi connectivity index (χ0n) is 11.4. The largest absolute Gasteiger partial charge is 0.507 e. The van der Waals surface area contributed by atoms with Crippen molar-refractivity contribution in [1.82, 2.24) is 0 Å². The lowest BCUT2D eigenvalue weighted by molar-refractivity contribution is 0.101. The molecule has 0 saturated heterocycles. The highest BCUT2D eigenvalue weighted by molar-refractivity contribution is 5.97. The summed E-state index contributed by atoms with van der Waals surface area (Å²) in [5.74, 6) is 0.472. The highest BCUT2D eigenvalue weighted by Gasteiger charge is 2.14. The second-order valence-corrected chi connectivity index (χ2v) is 4.31. The molecule has 0 aliphatic heterocycles. The van der Waals surface area contributed by atoms with Gasteiger partial charge in [-0.05, 0) is 38.3 Å². The summed E-state index contributed by atoms with van der Waals surface area (Å²) in [6.45, 7) is 3.84. The Bertz CT molecular complexity index is 489. The zero-order chi connectivity index (χ0) is 14.3. The van der Waals surface area contributed by atoms with Crippen molar-refractivity contribution in [2.45, 2.75) is 39.5 Å². The van der Waals surface area contributed by atoms with Gasteiger partial charge >= 0.3 is 0 Å². The van der Waals surface area contributed by atoms with Gasteiger partial charge in [0.2, 0.25) is 0 Å². The molecule has 0 aliphatic carbocycles. The number of phenols is 1. The molecule has 0 radical (unpaired) electrons. The first-order valence-electron chi connectivity index (χ1n) is 6.47. The Kier molecular flexibility index (Phi) is 5.87. The van der Waals surface area contributed by atoms with E-state index >= 15 is 0 Å². The van der Waals surface area contributed by atoms with E-state index in [2.05, 4.69) is 6.07 Å². The fourth-order valence-corrected chi connectivity index (χ4v) is 1.87. The second-order valence-electron chi connectivity index (χ2n) is 4.31. The lowest BCUT2D eigenvalue weighted by Crippen LogP contribution is -2.03. The third-order valence-corrected chi connectivity index (χ3v) is 2.91. The summed E-state index contributed by atoms with van der Waals surface area (Å²) in [4.78, 5) is 11.3. The molecule has 0 fully saturated rings. The van der Waals surface area contributed by atoms with Gasteiger partial charge in [0.25, 0.3) is 0 Å². The van der Waals surface area contributed by atoms with Crippen molar-refractivity contribution in [2.75, 3.05) is 6.61 Å². The monoisotopic (exact) mass is 261 g/mol. The molecule has 102 valence electrons. The van der Waals surface area contributed by atoms with Gasteiger partial charge in [0.15, 0.2) is 5.78 Å². The first-order valence-corrected chi connectivity index (χ1v) is 6.47. The number of unbranched alkanes of at least 4 members (excludes halogenated alkanes) is 2. The van der Waals surface area contributed by atoms with Gasteiger partial charge in [-0.2, -0.15) is 5.26 Å². The van der Waals surface area contributed by atoms with Gasteiger partial charge in [0, 0.05) is 12.0 Å². The number of ether oxygens (including phenoxy) is 1. The lowest BCUT2D eigenvalue weighted by atomic mass is 10.0. The van der Waals surface area contributed by atoms with Crippen molar-refractivity contribution in [2.24, 2.45) is 0 Å². The number of ketones is 1. The molecule has 0 amide bonds. The third kappa shape index (κ3) is 3.99. The van der Waals surface area contributed by atoms with Crippen LogP contribution >= 0.6 is 0 Å². The van der Waals surface area contributed by atoms with Crippen molar-refractivity contribution in [1.29, 1.82) is 5.26 Å². The summed E-state index contributed by atoms with van der Waals surface area (Å²) in [6, 6.07) is 5.39. The van der Waals surface area contributed by atoms with Gasteiger partial charge in [0.05, 0.1) is 18.2 Å². The molecule has 0 spiro atoms. The normalized spacial score (nSPS) is 9.95. The molecule has 0 unspecified atom stereocenters. The zero-order valence-corrected chi connectivity index (χ0v) is 11.4. The molecule has 19 heavy (non-hydrogen) atoms. The van der Waals surface area contributed by atoms with Crippen LogP contribution in [0.1, 0.15) is 49.0 Å². The van der Waals surface area contributed by atoms with Gasteiger partial charge in [-0.15, -0.1) is 0 Å². The van der Waals surface area contributed by atoms with Gasteiger partial charge in [-0.1, -0.05) is 6.92 Å². The van der Waals surface area contributed by atoms with Crippen molar-refractivity contribution in [3.63, 3.8) is 0 Å². The lowest BCUT2D eigenvalue weighted by Gasteiger charge is -2.13. The average Bonchev–Trinajstić information content (AvgIpc) is 2.38. The SMILES string of the molecule is CCc1c(OCCCCC#N)ccc(C(C)=O)c1O. The van der Waals surface area contributed by atoms with E-state index in [1.807, 2.05) is 6.92 Å². The molecule has 0 aromatic heterocycles. The van der Waals surface area contributed by atoms with Gasteiger partial charge in [-0.3, -0.25) is 4.79 Å². The first kappa shape index (κ1) is 15.0. The molecule has 1 aromatic rings. The molecule has 0 atom stereocenters. The molecule has 0 heterocycles. The Morgan fingerprint density at radius 1 is 1.42 bits per heavy atom. The second kappa shape index (κ2) is 7.42. The molecular weight excluding hydrogens is 242 g/mol. The Balaban J connectivity index is 2.76. The van der Waals surface area contributed by atoms with Crippen LogP contribution in [0.2, 0.25) is 0 Å². The number of rotatable bonds is 7. The Labute approximate surface area is 113 Å². The Hall–Kier alpha value is -2.02. The third-order valence-electron chi connectivity index (χ3n) is 2.91. The highest BCUT2D eigenvalue weighted by Crippen LogP contribution is 2.32. The summed E-state index contributed by atoms with van der Waals surface area (Å²) in [6.07, 6.45) is 2.72. The molecule has 1 N–H and O–H groups in total. The van der Waals surface area contributed by atoms with Crippen LogP contribution < -0.4 is 4.74 Å².